The summed E-state index contributed by atoms with van der Waals surface area (Å²) in [5.74, 6) is -0.706. The van der Waals surface area contributed by atoms with Gasteiger partial charge in [-0.3, -0.25) is 4.79 Å². The minimum absolute atomic E-state index is 0.0951. The van der Waals surface area contributed by atoms with Gasteiger partial charge in [0.05, 0.1) is 13.0 Å². The molecule has 0 aromatic heterocycles. The van der Waals surface area contributed by atoms with E-state index in [4.69, 9.17) is 4.74 Å². The molecule has 0 spiro atoms. The van der Waals surface area contributed by atoms with E-state index in [0.717, 1.165) is 16.7 Å². The predicted octanol–water partition coefficient (Wildman–Crippen LogP) is 4.78. The molecule has 0 radical (unpaired) electrons. The monoisotopic (exact) mass is 316 g/mol. The van der Waals surface area contributed by atoms with Gasteiger partial charge in [-0.15, -0.1) is 0 Å². The van der Waals surface area contributed by atoms with Gasteiger partial charge in [-0.2, -0.15) is 0 Å². The molecule has 1 unspecified atom stereocenters. The maximum atomic E-state index is 12.7. The van der Waals surface area contributed by atoms with Gasteiger partial charge >= 0.3 is 5.97 Å². The standard InChI is InChI=1S/C22H20O2/c1-24-22(23)21(19-15-9-4-10-16-19)20(17-11-5-2-6-12-17)18-13-7-3-8-14-18/h2-16,20-21H,1H3. The Morgan fingerprint density at radius 2 is 1.04 bits per heavy atom. The van der Waals surface area contributed by atoms with Crippen molar-refractivity contribution >= 4 is 5.97 Å². The average Bonchev–Trinajstić information content (AvgIpc) is 2.67. The number of hydrogen-bond donors (Lipinski definition) is 0. The van der Waals surface area contributed by atoms with E-state index in [1.165, 1.54) is 7.11 Å². The largest absolute Gasteiger partial charge is 0.469 e. The van der Waals surface area contributed by atoms with Crippen LogP contribution in [0.1, 0.15) is 28.5 Å². The van der Waals surface area contributed by atoms with Gasteiger partial charge in [0, 0.05) is 5.92 Å². The molecule has 1 atom stereocenters. The van der Waals surface area contributed by atoms with Crippen LogP contribution in [0.25, 0.3) is 0 Å². The summed E-state index contributed by atoms with van der Waals surface area (Å²) in [7, 11) is 1.45. The second kappa shape index (κ2) is 7.60. The Morgan fingerprint density at radius 3 is 1.42 bits per heavy atom. The van der Waals surface area contributed by atoms with Crippen LogP contribution in [-0.4, -0.2) is 13.1 Å². The summed E-state index contributed by atoms with van der Waals surface area (Å²) < 4.78 is 5.15. The number of carbonyl (C=O) groups excluding carboxylic acids is 1. The summed E-state index contributed by atoms with van der Waals surface area (Å²) in [5.41, 5.74) is 3.16. The van der Waals surface area contributed by atoms with Crippen molar-refractivity contribution in [2.24, 2.45) is 0 Å². The summed E-state index contributed by atoms with van der Waals surface area (Å²) in [6, 6.07) is 30.1. The van der Waals surface area contributed by atoms with Crippen LogP contribution in [0.5, 0.6) is 0 Å². The van der Waals surface area contributed by atoms with E-state index in [1.807, 2.05) is 66.7 Å². The van der Waals surface area contributed by atoms with Crippen LogP contribution < -0.4 is 0 Å². The maximum absolute atomic E-state index is 12.7. The van der Waals surface area contributed by atoms with Crippen molar-refractivity contribution < 1.29 is 9.53 Å². The van der Waals surface area contributed by atoms with Gasteiger partial charge in [0.2, 0.25) is 0 Å². The molecule has 0 amide bonds. The van der Waals surface area contributed by atoms with E-state index in [0.29, 0.717) is 0 Å². The van der Waals surface area contributed by atoms with E-state index < -0.39 is 0 Å². The van der Waals surface area contributed by atoms with Gasteiger partial charge in [0.1, 0.15) is 0 Å². The Hall–Kier alpha value is -2.87. The second-order valence-electron chi connectivity index (χ2n) is 5.71. The third kappa shape index (κ3) is 3.38. The number of benzene rings is 3. The molecule has 0 fully saturated rings. The average molecular weight is 316 g/mol. The zero-order valence-electron chi connectivity index (χ0n) is 13.6. The smallest absolute Gasteiger partial charge is 0.314 e. The molecule has 0 N–H and O–H groups in total. The van der Waals surface area contributed by atoms with Crippen LogP contribution in [0.15, 0.2) is 91.0 Å². The molecule has 3 aromatic rings. The van der Waals surface area contributed by atoms with Crippen molar-refractivity contribution in [3.05, 3.63) is 108 Å². The highest BCUT2D eigenvalue weighted by molar-refractivity contribution is 5.80. The van der Waals surface area contributed by atoms with E-state index in [2.05, 4.69) is 24.3 Å². The first-order valence-electron chi connectivity index (χ1n) is 8.04. The SMILES string of the molecule is COC(=O)C(c1ccccc1)C(c1ccccc1)c1ccccc1. The third-order valence-electron chi connectivity index (χ3n) is 4.26. The Labute approximate surface area is 142 Å². The molecular weight excluding hydrogens is 296 g/mol. The molecule has 3 aromatic carbocycles. The Morgan fingerprint density at radius 1 is 0.667 bits per heavy atom. The lowest BCUT2D eigenvalue weighted by atomic mass is 9.77. The fraction of sp³-hybridized carbons (Fsp3) is 0.136. The minimum Gasteiger partial charge on any atom is -0.469 e. The Kier molecular flexibility index (Phi) is 5.07. The number of rotatable bonds is 5. The van der Waals surface area contributed by atoms with Gasteiger partial charge in [-0.05, 0) is 16.7 Å². The lowest BCUT2D eigenvalue weighted by Crippen LogP contribution is -2.23. The molecule has 0 aliphatic carbocycles. The summed E-state index contributed by atoms with van der Waals surface area (Å²) in [5, 5.41) is 0. The number of carbonyl (C=O) groups is 1. The maximum Gasteiger partial charge on any atom is 0.314 e. The lowest BCUT2D eigenvalue weighted by Gasteiger charge is -2.26. The molecule has 2 nitrogen and oxygen atoms in total. The van der Waals surface area contributed by atoms with Crippen molar-refractivity contribution in [2.75, 3.05) is 7.11 Å². The van der Waals surface area contributed by atoms with Crippen molar-refractivity contribution in [3.8, 4) is 0 Å². The highest BCUT2D eigenvalue weighted by Crippen LogP contribution is 2.39. The minimum atomic E-state index is -0.388. The first-order valence-corrected chi connectivity index (χ1v) is 8.04. The van der Waals surface area contributed by atoms with Crippen molar-refractivity contribution in [1.29, 1.82) is 0 Å². The number of ether oxygens (including phenoxy) is 1. The normalized spacial score (nSPS) is 11.9. The Bertz CT molecular complexity index is 727. The van der Waals surface area contributed by atoms with Gasteiger partial charge in [0.25, 0.3) is 0 Å². The van der Waals surface area contributed by atoms with Crippen LogP contribution >= 0.6 is 0 Å². The fourth-order valence-corrected chi connectivity index (χ4v) is 3.15. The molecule has 2 heteroatoms. The van der Waals surface area contributed by atoms with Gasteiger partial charge < -0.3 is 4.74 Å². The summed E-state index contributed by atoms with van der Waals surface area (Å²) >= 11 is 0. The molecule has 3 rings (SSSR count). The van der Waals surface area contributed by atoms with Crippen LogP contribution in [0.4, 0.5) is 0 Å². The van der Waals surface area contributed by atoms with Gasteiger partial charge in [-0.25, -0.2) is 0 Å². The lowest BCUT2D eigenvalue weighted by molar-refractivity contribution is -0.142. The Balaban J connectivity index is 2.16. The predicted molar refractivity (Wildman–Crippen MR) is 95.9 cm³/mol. The van der Waals surface area contributed by atoms with Crippen molar-refractivity contribution in [3.63, 3.8) is 0 Å². The van der Waals surface area contributed by atoms with Crippen molar-refractivity contribution in [2.45, 2.75) is 11.8 Å². The fourth-order valence-electron chi connectivity index (χ4n) is 3.15. The third-order valence-corrected chi connectivity index (χ3v) is 4.26. The summed E-state index contributed by atoms with van der Waals surface area (Å²) in [6.45, 7) is 0. The molecule has 0 heterocycles. The van der Waals surface area contributed by atoms with Gasteiger partial charge in [0.15, 0.2) is 0 Å². The van der Waals surface area contributed by atoms with Crippen molar-refractivity contribution in [1.82, 2.24) is 0 Å². The molecule has 0 saturated heterocycles. The molecule has 0 aliphatic rings. The first kappa shape index (κ1) is 16.0. The van der Waals surface area contributed by atoms with Crippen LogP contribution in [0, 0.1) is 0 Å². The molecule has 0 saturated carbocycles. The summed E-state index contributed by atoms with van der Waals surface area (Å²) in [6.07, 6.45) is 0. The first-order chi connectivity index (χ1) is 11.8. The number of esters is 1. The molecule has 120 valence electrons. The van der Waals surface area contributed by atoms with Crippen LogP contribution in [-0.2, 0) is 9.53 Å². The van der Waals surface area contributed by atoms with E-state index >= 15 is 0 Å². The molecule has 0 aliphatic heterocycles. The highest BCUT2D eigenvalue weighted by atomic mass is 16.5. The second-order valence-corrected chi connectivity index (χ2v) is 5.71. The molecule has 24 heavy (non-hydrogen) atoms. The molecular formula is C22H20O2. The molecule has 0 bridgehead atoms. The van der Waals surface area contributed by atoms with Crippen LogP contribution in [0.3, 0.4) is 0 Å². The van der Waals surface area contributed by atoms with Gasteiger partial charge in [-0.1, -0.05) is 91.0 Å². The highest BCUT2D eigenvalue weighted by Gasteiger charge is 2.33. The topological polar surface area (TPSA) is 26.3 Å². The van der Waals surface area contributed by atoms with E-state index in [-0.39, 0.29) is 17.8 Å². The quantitative estimate of drug-likeness (QED) is 0.633. The van der Waals surface area contributed by atoms with E-state index in [9.17, 15) is 4.79 Å². The van der Waals surface area contributed by atoms with E-state index in [1.54, 1.807) is 0 Å². The number of methoxy groups -OCH3 is 1. The number of hydrogen-bond acceptors (Lipinski definition) is 2. The zero-order chi connectivity index (χ0) is 16.8. The summed E-state index contributed by atoms with van der Waals surface area (Å²) in [4.78, 5) is 12.7. The van der Waals surface area contributed by atoms with Crippen LogP contribution in [0.2, 0.25) is 0 Å². The zero-order valence-corrected chi connectivity index (χ0v) is 13.6.